The third-order valence-corrected chi connectivity index (χ3v) is 3.86. The molecular formula is C14H17N3O. The van der Waals surface area contributed by atoms with Crippen molar-refractivity contribution in [2.45, 2.75) is 27.2 Å². The van der Waals surface area contributed by atoms with Gasteiger partial charge < -0.3 is 5.32 Å². The van der Waals surface area contributed by atoms with Crippen LogP contribution in [-0.2, 0) is 4.79 Å². The maximum absolute atomic E-state index is 12.0. The molecule has 18 heavy (non-hydrogen) atoms. The van der Waals surface area contributed by atoms with Gasteiger partial charge in [0.25, 0.3) is 0 Å². The molecule has 2 N–H and O–H groups in total. The molecule has 1 aliphatic rings. The van der Waals surface area contributed by atoms with Crippen molar-refractivity contribution in [3.8, 4) is 0 Å². The van der Waals surface area contributed by atoms with Crippen molar-refractivity contribution in [1.29, 1.82) is 0 Å². The standard InChI is InChI=1S/C14H17N3O/c1-8-4-9(5-12-10(8)7-15-17-12)16-13(18)11-6-14(11,2)3/h4-5,7,11H,6H2,1-3H3,(H,15,17)(H,16,18)/t11-/m1/s1. The van der Waals surface area contributed by atoms with Crippen molar-refractivity contribution in [2.24, 2.45) is 11.3 Å². The zero-order valence-electron chi connectivity index (χ0n) is 10.9. The van der Waals surface area contributed by atoms with E-state index in [1.54, 1.807) is 6.20 Å². The van der Waals surface area contributed by atoms with E-state index >= 15 is 0 Å². The number of carbonyl (C=O) groups excluding carboxylic acids is 1. The number of nitrogens with one attached hydrogen (secondary N) is 2. The highest BCUT2D eigenvalue weighted by Gasteiger charge is 2.50. The number of carbonyl (C=O) groups is 1. The summed E-state index contributed by atoms with van der Waals surface area (Å²) in [6, 6.07) is 3.92. The molecule has 1 aromatic carbocycles. The predicted octanol–water partition coefficient (Wildman–Crippen LogP) is 2.86. The molecule has 1 atom stereocenters. The summed E-state index contributed by atoms with van der Waals surface area (Å²) in [5.41, 5.74) is 3.08. The second-order valence-electron chi connectivity index (χ2n) is 5.86. The van der Waals surface area contributed by atoms with Crippen LogP contribution in [0.25, 0.3) is 10.9 Å². The number of hydrogen-bond donors (Lipinski definition) is 2. The first kappa shape index (κ1) is 11.3. The highest BCUT2D eigenvalue weighted by Crippen LogP contribution is 2.52. The van der Waals surface area contributed by atoms with E-state index in [9.17, 15) is 4.79 Å². The van der Waals surface area contributed by atoms with Crippen LogP contribution in [0, 0.1) is 18.3 Å². The van der Waals surface area contributed by atoms with E-state index in [2.05, 4.69) is 29.4 Å². The Morgan fingerprint density at radius 3 is 2.89 bits per heavy atom. The van der Waals surface area contributed by atoms with Gasteiger partial charge in [-0.25, -0.2) is 0 Å². The van der Waals surface area contributed by atoms with Crippen molar-refractivity contribution in [3.63, 3.8) is 0 Å². The van der Waals surface area contributed by atoms with Crippen LogP contribution in [0.1, 0.15) is 25.8 Å². The highest BCUT2D eigenvalue weighted by atomic mass is 16.2. The summed E-state index contributed by atoms with van der Waals surface area (Å²) >= 11 is 0. The van der Waals surface area contributed by atoms with Gasteiger partial charge in [-0.15, -0.1) is 0 Å². The normalized spacial score (nSPS) is 20.9. The van der Waals surface area contributed by atoms with E-state index in [1.807, 2.05) is 19.1 Å². The number of amides is 1. The molecule has 94 valence electrons. The number of rotatable bonds is 2. The van der Waals surface area contributed by atoms with Gasteiger partial charge in [0.15, 0.2) is 0 Å². The van der Waals surface area contributed by atoms with Crippen molar-refractivity contribution < 1.29 is 4.79 Å². The number of fused-ring (bicyclic) bond motifs is 1. The van der Waals surface area contributed by atoms with Crippen molar-refractivity contribution in [1.82, 2.24) is 10.2 Å². The van der Waals surface area contributed by atoms with Crippen molar-refractivity contribution >= 4 is 22.5 Å². The first-order chi connectivity index (χ1) is 8.47. The lowest BCUT2D eigenvalue weighted by Gasteiger charge is -2.08. The number of hydrogen-bond acceptors (Lipinski definition) is 2. The number of benzene rings is 1. The van der Waals surface area contributed by atoms with Crippen LogP contribution in [0.4, 0.5) is 5.69 Å². The monoisotopic (exact) mass is 243 g/mol. The molecule has 0 unspecified atom stereocenters. The Labute approximate surface area is 106 Å². The van der Waals surface area contributed by atoms with E-state index in [0.29, 0.717) is 0 Å². The Morgan fingerprint density at radius 1 is 1.50 bits per heavy atom. The fourth-order valence-electron chi connectivity index (χ4n) is 2.44. The SMILES string of the molecule is Cc1cc(NC(=O)[C@H]2CC2(C)C)cc2[nH]ncc12. The first-order valence-electron chi connectivity index (χ1n) is 6.22. The molecule has 0 bridgehead atoms. The summed E-state index contributed by atoms with van der Waals surface area (Å²) in [5.74, 6) is 0.272. The van der Waals surface area contributed by atoms with Gasteiger partial charge in [0.05, 0.1) is 11.7 Å². The molecule has 0 aliphatic heterocycles. The smallest absolute Gasteiger partial charge is 0.228 e. The van der Waals surface area contributed by atoms with Crippen LogP contribution in [-0.4, -0.2) is 16.1 Å². The molecule has 1 fully saturated rings. The van der Waals surface area contributed by atoms with Crippen LogP contribution in [0.5, 0.6) is 0 Å². The van der Waals surface area contributed by atoms with E-state index in [1.165, 1.54) is 0 Å². The lowest BCUT2D eigenvalue weighted by Crippen LogP contribution is -2.16. The van der Waals surface area contributed by atoms with E-state index in [0.717, 1.165) is 28.6 Å². The zero-order valence-corrected chi connectivity index (χ0v) is 10.9. The van der Waals surface area contributed by atoms with Gasteiger partial charge in [-0.2, -0.15) is 5.10 Å². The fraction of sp³-hybridized carbons (Fsp3) is 0.429. The third-order valence-electron chi connectivity index (χ3n) is 3.86. The van der Waals surface area contributed by atoms with Gasteiger partial charge in [0.2, 0.25) is 5.91 Å². The lowest BCUT2D eigenvalue weighted by molar-refractivity contribution is -0.117. The maximum atomic E-state index is 12.0. The molecule has 3 rings (SSSR count). The van der Waals surface area contributed by atoms with E-state index in [-0.39, 0.29) is 17.2 Å². The largest absolute Gasteiger partial charge is 0.326 e. The molecule has 1 aromatic heterocycles. The number of nitrogens with zero attached hydrogens (tertiary/aromatic N) is 1. The quantitative estimate of drug-likeness (QED) is 0.852. The van der Waals surface area contributed by atoms with Crippen LogP contribution in [0.15, 0.2) is 18.3 Å². The highest BCUT2D eigenvalue weighted by molar-refractivity contribution is 5.97. The summed E-state index contributed by atoms with van der Waals surface area (Å²) in [6.45, 7) is 6.27. The Hall–Kier alpha value is -1.84. The van der Waals surface area contributed by atoms with Crippen molar-refractivity contribution in [2.75, 3.05) is 5.32 Å². The molecule has 0 saturated heterocycles. The number of H-pyrrole nitrogens is 1. The van der Waals surface area contributed by atoms with Crippen LogP contribution >= 0.6 is 0 Å². The molecule has 4 nitrogen and oxygen atoms in total. The van der Waals surface area contributed by atoms with Gasteiger partial charge in [-0.3, -0.25) is 9.89 Å². The van der Waals surface area contributed by atoms with Gasteiger partial charge in [-0.05, 0) is 36.5 Å². The first-order valence-corrected chi connectivity index (χ1v) is 6.22. The molecular weight excluding hydrogens is 226 g/mol. The van der Waals surface area contributed by atoms with Gasteiger partial charge >= 0.3 is 0 Å². The average Bonchev–Trinajstić information content (AvgIpc) is 2.73. The molecule has 1 aliphatic carbocycles. The maximum Gasteiger partial charge on any atom is 0.228 e. The molecule has 1 heterocycles. The number of aromatic nitrogens is 2. The number of anilines is 1. The Kier molecular flexibility index (Phi) is 2.24. The minimum absolute atomic E-state index is 0.123. The molecule has 0 spiro atoms. The summed E-state index contributed by atoms with van der Waals surface area (Å²) in [4.78, 5) is 12.0. The summed E-state index contributed by atoms with van der Waals surface area (Å²) in [7, 11) is 0. The Balaban J connectivity index is 1.85. The number of aryl methyl sites for hydroxylation is 1. The molecule has 1 saturated carbocycles. The van der Waals surface area contributed by atoms with Crippen LogP contribution in [0.3, 0.4) is 0 Å². The third kappa shape index (κ3) is 1.78. The summed E-state index contributed by atoms with van der Waals surface area (Å²) < 4.78 is 0. The lowest BCUT2D eigenvalue weighted by atomic mass is 10.1. The van der Waals surface area contributed by atoms with Crippen molar-refractivity contribution in [3.05, 3.63) is 23.9 Å². The molecule has 2 aromatic rings. The van der Waals surface area contributed by atoms with Gasteiger partial charge in [0, 0.05) is 17.0 Å². The topological polar surface area (TPSA) is 57.8 Å². The van der Waals surface area contributed by atoms with E-state index in [4.69, 9.17) is 0 Å². The van der Waals surface area contributed by atoms with E-state index < -0.39 is 0 Å². The fourth-order valence-corrected chi connectivity index (χ4v) is 2.44. The summed E-state index contributed by atoms with van der Waals surface area (Å²) in [6.07, 6.45) is 2.78. The molecule has 4 heteroatoms. The van der Waals surface area contributed by atoms with Crippen LogP contribution < -0.4 is 5.32 Å². The van der Waals surface area contributed by atoms with Crippen LogP contribution in [0.2, 0.25) is 0 Å². The Morgan fingerprint density at radius 2 is 2.22 bits per heavy atom. The number of aromatic amines is 1. The zero-order chi connectivity index (χ0) is 12.9. The average molecular weight is 243 g/mol. The predicted molar refractivity (Wildman–Crippen MR) is 71.3 cm³/mol. The second kappa shape index (κ2) is 3.57. The molecule has 0 radical (unpaired) electrons. The summed E-state index contributed by atoms with van der Waals surface area (Å²) in [5, 5.41) is 11.0. The second-order valence-corrected chi connectivity index (χ2v) is 5.86. The van der Waals surface area contributed by atoms with Gasteiger partial charge in [0.1, 0.15) is 0 Å². The Bertz CT molecular complexity index is 627. The minimum atomic E-state index is 0.123. The molecule has 1 amide bonds. The minimum Gasteiger partial charge on any atom is -0.326 e. The van der Waals surface area contributed by atoms with Gasteiger partial charge in [-0.1, -0.05) is 13.8 Å².